The Hall–Kier alpha value is -3.76. The second-order valence-corrected chi connectivity index (χ2v) is 9.67. The van der Waals surface area contributed by atoms with E-state index in [4.69, 9.17) is 9.47 Å². The summed E-state index contributed by atoms with van der Waals surface area (Å²) in [6.45, 7) is 7.37. The van der Waals surface area contributed by atoms with Gasteiger partial charge >= 0.3 is 0 Å². The van der Waals surface area contributed by atoms with Gasteiger partial charge in [-0.15, -0.1) is 0 Å². The third-order valence-corrected chi connectivity index (χ3v) is 6.87. The number of amides is 1. The fourth-order valence-corrected chi connectivity index (χ4v) is 4.72. The lowest BCUT2D eigenvalue weighted by molar-refractivity contribution is -0.126. The lowest BCUT2D eigenvalue weighted by Gasteiger charge is -2.36. The van der Waals surface area contributed by atoms with Crippen LogP contribution >= 0.6 is 15.9 Å². The van der Waals surface area contributed by atoms with Gasteiger partial charge in [0.05, 0.1) is 6.61 Å². The van der Waals surface area contributed by atoms with Crippen LogP contribution < -0.4 is 14.4 Å². The molecule has 0 unspecified atom stereocenters. The number of ether oxygens (including phenoxy) is 2. The summed E-state index contributed by atoms with van der Waals surface area (Å²) < 4.78 is 12.6. The van der Waals surface area contributed by atoms with E-state index in [1.165, 1.54) is 5.56 Å². The smallest absolute Gasteiger partial charge is 0.264 e. The van der Waals surface area contributed by atoms with Crippen molar-refractivity contribution >= 4 is 33.6 Å². The van der Waals surface area contributed by atoms with Crippen LogP contribution in [-0.2, 0) is 11.4 Å². The van der Waals surface area contributed by atoms with Crippen molar-refractivity contribution in [3.63, 3.8) is 0 Å². The SMILES string of the molecule is CCOc1cc(/C=C(/C#N)C(=O)N2CCN(c3ccccc3)CC2)c(Br)cc1OCc1cccc(C)c1. The zero-order chi connectivity index (χ0) is 26.2. The van der Waals surface area contributed by atoms with Gasteiger partial charge in [-0.3, -0.25) is 4.79 Å². The number of benzene rings is 3. The molecule has 0 saturated carbocycles. The van der Waals surface area contributed by atoms with Crippen LogP contribution in [-0.4, -0.2) is 43.6 Å². The molecule has 37 heavy (non-hydrogen) atoms. The van der Waals surface area contributed by atoms with Crippen molar-refractivity contribution in [2.24, 2.45) is 0 Å². The normalized spacial score (nSPS) is 13.7. The molecule has 1 saturated heterocycles. The Balaban J connectivity index is 1.49. The minimum absolute atomic E-state index is 0.0877. The van der Waals surface area contributed by atoms with E-state index in [0.29, 0.717) is 47.8 Å². The molecule has 1 aliphatic heterocycles. The number of carbonyl (C=O) groups is 1. The van der Waals surface area contributed by atoms with E-state index in [1.807, 2.05) is 56.3 Å². The van der Waals surface area contributed by atoms with E-state index in [2.05, 4.69) is 45.1 Å². The number of rotatable bonds is 8. The average Bonchev–Trinajstić information content (AvgIpc) is 2.92. The summed E-state index contributed by atoms with van der Waals surface area (Å²) in [4.78, 5) is 17.2. The number of para-hydroxylation sites is 1. The highest BCUT2D eigenvalue weighted by molar-refractivity contribution is 9.10. The standard InChI is InChI=1S/C30H30BrN3O3/c1-3-36-28-18-24(27(31)19-29(28)37-21-23-9-7-8-22(2)16-23)17-25(20-32)30(35)34-14-12-33(13-15-34)26-10-5-4-6-11-26/h4-11,16-19H,3,12-15,21H2,1-2H3/b25-17-. The van der Waals surface area contributed by atoms with Gasteiger partial charge in [0.15, 0.2) is 11.5 Å². The summed E-state index contributed by atoms with van der Waals surface area (Å²) in [5.74, 6) is 0.889. The first kappa shape index (κ1) is 26.3. The van der Waals surface area contributed by atoms with Gasteiger partial charge in [-0.05, 0) is 55.3 Å². The quantitative estimate of drug-likeness (QED) is 0.250. The minimum atomic E-state index is -0.264. The van der Waals surface area contributed by atoms with Crippen LogP contribution in [0.25, 0.3) is 6.08 Å². The molecule has 1 amide bonds. The molecule has 1 aliphatic rings. The molecule has 0 atom stereocenters. The first-order valence-electron chi connectivity index (χ1n) is 12.3. The maximum atomic E-state index is 13.2. The largest absolute Gasteiger partial charge is 0.490 e. The maximum absolute atomic E-state index is 13.2. The molecule has 3 aromatic rings. The van der Waals surface area contributed by atoms with Gasteiger partial charge in [-0.1, -0.05) is 64.0 Å². The number of piperazine rings is 1. The molecule has 190 valence electrons. The first-order chi connectivity index (χ1) is 18.0. The molecule has 0 bridgehead atoms. The summed E-state index contributed by atoms with van der Waals surface area (Å²) in [5, 5.41) is 9.82. The molecular formula is C30H30BrN3O3. The van der Waals surface area contributed by atoms with Gasteiger partial charge < -0.3 is 19.3 Å². The fourth-order valence-electron chi connectivity index (χ4n) is 4.28. The van der Waals surface area contributed by atoms with Gasteiger partial charge in [0, 0.05) is 36.3 Å². The predicted octanol–water partition coefficient (Wildman–Crippen LogP) is 5.99. The van der Waals surface area contributed by atoms with Crippen molar-refractivity contribution in [1.29, 1.82) is 5.26 Å². The van der Waals surface area contributed by atoms with Crippen molar-refractivity contribution < 1.29 is 14.3 Å². The van der Waals surface area contributed by atoms with Crippen molar-refractivity contribution in [3.8, 4) is 17.6 Å². The van der Waals surface area contributed by atoms with Crippen molar-refractivity contribution in [2.45, 2.75) is 20.5 Å². The van der Waals surface area contributed by atoms with Crippen molar-refractivity contribution in [1.82, 2.24) is 4.90 Å². The summed E-state index contributed by atoms with van der Waals surface area (Å²) in [5.41, 5.74) is 4.14. The van der Waals surface area contributed by atoms with E-state index in [-0.39, 0.29) is 11.5 Å². The fraction of sp³-hybridized carbons (Fsp3) is 0.267. The van der Waals surface area contributed by atoms with Crippen LogP contribution in [0.2, 0.25) is 0 Å². The van der Waals surface area contributed by atoms with Crippen LogP contribution in [0.3, 0.4) is 0 Å². The van der Waals surface area contributed by atoms with Crippen LogP contribution in [0.1, 0.15) is 23.6 Å². The molecule has 0 aromatic heterocycles. The number of aryl methyl sites for hydroxylation is 1. The van der Waals surface area contributed by atoms with E-state index >= 15 is 0 Å². The lowest BCUT2D eigenvalue weighted by atomic mass is 10.1. The van der Waals surface area contributed by atoms with Crippen LogP contribution in [0.4, 0.5) is 5.69 Å². The molecule has 4 rings (SSSR count). The lowest BCUT2D eigenvalue weighted by Crippen LogP contribution is -2.49. The first-order valence-corrected chi connectivity index (χ1v) is 13.1. The third kappa shape index (κ3) is 6.72. The van der Waals surface area contributed by atoms with Crippen LogP contribution in [0.15, 0.2) is 76.8 Å². The second-order valence-electron chi connectivity index (χ2n) is 8.82. The van der Waals surface area contributed by atoms with Crippen molar-refractivity contribution in [2.75, 3.05) is 37.7 Å². The Morgan fingerprint density at radius 3 is 2.41 bits per heavy atom. The van der Waals surface area contributed by atoms with Crippen molar-refractivity contribution in [3.05, 3.63) is 93.5 Å². The number of anilines is 1. The van der Waals surface area contributed by atoms with Gasteiger partial charge in [-0.2, -0.15) is 5.26 Å². The Bertz CT molecular complexity index is 1310. The zero-order valence-electron chi connectivity index (χ0n) is 21.1. The highest BCUT2D eigenvalue weighted by Gasteiger charge is 2.24. The van der Waals surface area contributed by atoms with Crippen LogP contribution in [0.5, 0.6) is 11.5 Å². The van der Waals surface area contributed by atoms with E-state index in [9.17, 15) is 10.1 Å². The number of hydrogen-bond acceptors (Lipinski definition) is 5. The van der Waals surface area contributed by atoms with Crippen LogP contribution in [0, 0.1) is 18.3 Å². The molecular weight excluding hydrogens is 530 g/mol. The van der Waals surface area contributed by atoms with Gasteiger partial charge in [0.25, 0.3) is 5.91 Å². The van der Waals surface area contributed by atoms with Gasteiger partial charge in [-0.25, -0.2) is 0 Å². The summed E-state index contributed by atoms with van der Waals surface area (Å²) in [6.07, 6.45) is 1.61. The Morgan fingerprint density at radius 1 is 1.00 bits per heavy atom. The summed E-state index contributed by atoms with van der Waals surface area (Å²) in [6, 6.07) is 24.0. The zero-order valence-corrected chi connectivity index (χ0v) is 22.7. The number of nitrogens with zero attached hydrogens (tertiary/aromatic N) is 3. The Kier molecular flexibility index (Phi) is 8.86. The molecule has 1 heterocycles. The highest BCUT2D eigenvalue weighted by atomic mass is 79.9. The summed E-state index contributed by atoms with van der Waals surface area (Å²) >= 11 is 3.59. The molecule has 0 aliphatic carbocycles. The van der Waals surface area contributed by atoms with E-state index in [1.54, 1.807) is 17.0 Å². The molecule has 0 spiro atoms. The Morgan fingerprint density at radius 2 is 1.73 bits per heavy atom. The van der Waals surface area contributed by atoms with Gasteiger partial charge in [0.1, 0.15) is 18.2 Å². The molecule has 1 fully saturated rings. The molecule has 3 aromatic carbocycles. The molecule has 0 radical (unpaired) electrons. The second kappa shape index (κ2) is 12.5. The number of carbonyl (C=O) groups excluding carboxylic acids is 1. The Labute approximate surface area is 226 Å². The molecule has 0 N–H and O–H groups in total. The topological polar surface area (TPSA) is 65.8 Å². The number of halogens is 1. The monoisotopic (exact) mass is 559 g/mol. The van der Waals surface area contributed by atoms with E-state index in [0.717, 1.165) is 24.3 Å². The summed E-state index contributed by atoms with van der Waals surface area (Å²) in [7, 11) is 0. The highest BCUT2D eigenvalue weighted by Crippen LogP contribution is 2.35. The molecule has 7 heteroatoms. The third-order valence-electron chi connectivity index (χ3n) is 6.18. The van der Waals surface area contributed by atoms with Gasteiger partial charge in [0.2, 0.25) is 0 Å². The average molecular weight is 560 g/mol. The predicted molar refractivity (Wildman–Crippen MR) is 150 cm³/mol. The number of nitriles is 1. The van der Waals surface area contributed by atoms with E-state index < -0.39 is 0 Å². The maximum Gasteiger partial charge on any atom is 0.264 e. The number of hydrogen-bond donors (Lipinski definition) is 0. The minimum Gasteiger partial charge on any atom is -0.490 e. The molecule has 6 nitrogen and oxygen atoms in total.